The fraction of sp³-hybridized carbons (Fsp3) is 0.318. The van der Waals surface area contributed by atoms with Gasteiger partial charge in [0, 0.05) is 13.1 Å². The van der Waals surface area contributed by atoms with Gasteiger partial charge in [-0.2, -0.15) is 0 Å². The predicted octanol–water partition coefficient (Wildman–Crippen LogP) is 2.63. The van der Waals surface area contributed by atoms with E-state index in [0.717, 1.165) is 17.5 Å². The number of benzene rings is 2. The Morgan fingerprint density at radius 1 is 1.00 bits per heavy atom. The molecule has 0 aliphatic carbocycles. The van der Waals surface area contributed by atoms with Crippen molar-refractivity contribution < 1.29 is 13.2 Å². The van der Waals surface area contributed by atoms with Crippen LogP contribution in [0.2, 0.25) is 0 Å². The van der Waals surface area contributed by atoms with Crippen LogP contribution < -0.4 is 0 Å². The molecule has 2 aromatic carbocycles. The molecule has 0 radical (unpaired) electrons. The van der Waals surface area contributed by atoms with Gasteiger partial charge in [0.15, 0.2) is 0 Å². The lowest BCUT2D eigenvalue weighted by Crippen LogP contribution is -2.44. The highest BCUT2D eigenvalue weighted by molar-refractivity contribution is 7.92. The van der Waals surface area contributed by atoms with Gasteiger partial charge in [0.1, 0.15) is 11.6 Å². The Balaban J connectivity index is 1.59. The maximum atomic E-state index is 13.3. The molecule has 0 fully saturated rings. The molecule has 30 heavy (non-hydrogen) atoms. The fourth-order valence-electron chi connectivity index (χ4n) is 3.83. The Kier molecular flexibility index (Phi) is 5.42. The molecule has 0 bridgehead atoms. The average Bonchev–Trinajstić information content (AvgIpc) is 3.28. The third-order valence-electron chi connectivity index (χ3n) is 5.75. The average molecular weight is 425 g/mol. The molecule has 7 nitrogen and oxygen atoms in total. The second kappa shape index (κ2) is 8.02. The summed E-state index contributed by atoms with van der Waals surface area (Å²) in [6, 6.07) is 17.2. The molecule has 0 spiro atoms. The van der Waals surface area contributed by atoms with Crippen LogP contribution in [0.3, 0.4) is 0 Å². The van der Waals surface area contributed by atoms with E-state index in [1.54, 1.807) is 4.90 Å². The van der Waals surface area contributed by atoms with Crippen molar-refractivity contribution in [1.82, 2.24) is 19.7 Å². The number of hydrogen-bond donors (Lipinski definition) is 0. The van der Waals surface area contributed by atoms with Gasteiger partial charge >= 0.3 is 0 Å². The van der Waals surface area contributed by atoms with E-state index in [4.69, 9.17) is 0 Å². The van der Waals surface area contributed by atoms with Crippen LogP contribution in [0.5, 0.6) is 0 Å². The van der Waals surface area contributed by atoms with E-state index in [2.05, 4.69) is 10.2 Å². The zero-order chi connectivity index (χ0) is 21.3. The molecule has 1 aliphatic rings. The smallest absolute Gasteiger partial charge is 0.250 e. The lowest BCUT2D eigenvalue weighted by atomic mass is 10.00. The number of sulfone groups is 1. The zero-order valence-electron chi connectivity index (χ0n) is 17.0. The van der Waals surface area contributed by atoms with Gasteiger partial charge in [0.25, 0.3) is 5.16 Å². The topological polar surface area (TPSA) is 85.2 Å². The quantitative estimate of drug-likeness (QED) is 0.629. The lowest BCUT2D eigenvalue weighted by molar-refractivity contribution is -0.131. The molecule has 0 saturated carbocycles. The van der Waals surface area contributed by atoms with Crippen LogP contribution in [0.15, 0.2) is 66.1 Å². The number of carbonyl (C=O) groups is 1. The van der Waals surface area contributed by atoms with Gasteiger partial charge in [-0.25, -0.2) is 8.42 Å². The fourth-order valence-corrected chi connectivity index (χ4v) is 5.22. The van der Waals surface area contributed by atoms with Crippen LogP contribution in [-0.2, 0) is 27.6 Å². The second-order valence-electron chi connectivity index (χ2n) is 7.57. The number of amides is 1. The minimum atomic E-state index is -4.01. The van der Waals surface area contributed by atoms with Crippen LogP contribution in [-0.4, -0.2) is 45.8 Å². The Bertz CT molecular complexity index is 1160. The molecular formula is C22H24N4O3S. The van der Waals surface area contributed by atoms with E-state index in [1.165, 1.54) is 23.4 Å². The van der Waals surface area contributed by atoms with E-state index in [9.17, 15) is 13.2 Å². The van der Waals surface area contributed by atoms with E-state index < -0.39 is 21.0 Å². The van der Waals surface area contributed by atoms with E-state index >= 15 is 0 Å². The summed E-state index contributed by atoms with van der Waals surface area (Å²) in [6.07, 6.45) is 2.12. The summed E-state index contributed by atoms with van der Waals surface area (Å²) in [6.45, 7) is 4.24. The van der Waals surface area contributed by atoms with E-state index in [-0.39, 0.29) is 11.2 Å². The van der Waals surface area contributed by atoms with Crippen molar-refractivity contribution in [1.29, 1.82) is 0 Å². The highest BCUT2D eigenvalue weighted by Gasteiger charge is 2.38. The molecule has 0 saturated heterocycles. The minimum absolute atomic E-state index is 0.183. The summed E-state index contributed by atoms with van der Waals surface area (Å²) < 4.78 is 28.1. The van der Waals surface area contributed by atoms with Crippen molar-refractivity contribution in [3.63, 3.8) is 0 Å². The summed E-state index contributed by atoms with van der Waals surface area (Å²) >= 11 is 0. The summed E-state index contributed by atoms with van der Waals surface area (Å²) in [4.78, 5) is 14.7. The largest absolute Gasteiger partial charge is 0.337 e. The molecule has 0 N–H and O–H groups in total. The highest BCUT2D eigenvalue weighted by atomic mass is 32.2. The Morgan fingerprint density at radius 2 is 1.67 bits per heavy atom. The minimum Gasteiger partial charge on any atom is -0.337 e. The molecule has 2 heterocycles. The Morgan fingerprint density at radius 3 is 2.40 bits per heavy atom. The molecule has 8 heteroatoms. The number of carbonyl (C=O) groups excluding carboxylic acids is 1. The maximum absolute atomic E-state index is 13.3. The number of fused-ring (bicyclic) bond motifs is 1. The third-order valence-corrected chi connectivity index (χ3v) is 7.68. The zero-order valence-corrected chi connectivity index (χ0v) is 17.8. The molecule has 1 aromatic heterocycles. The first-order valence-corrected chi connectivity index (χ1v) is 11.5. The number of hydrogen-bond acceptors (Lipinski definition) is 5. The van der Waals surface area contributed by atoms with Gasteiger partial charge in [0.2, 0.25) is 15.7 Å². The number of rotatable bonds is 5. The van der Waals surface area contributed by atoms with E-state index in [0.29, 0.717) is 13.1 Å². The molecular weight excluding hydrogens is 400 g/mol. The monoisotopic (exact) mass is 424 g/mol. The summed E-state index contributed by atoms with van der Waals surface area (Å²) in [5.41, 5.74) is 3.19. The van der Waals surface area contributed by atoms with Crippen molar-refractivity contribution in [2.24, 2.45) is 0 Å². The van der Waals surface area contributed by atoms with Gasteiger partial charge < -0.3 is 4.90 Å². The third kappa shape index (κ3) is 3.63. The predicted molar refractivity (Wildman–Crippen MR) is 112 cm³/mol. The summed E-state index contributed by atoms with van der Waals surface area (Å²) in [5.74, 6) is -0.411. The first-order chi connectivity index (χ1) is 14.4. The molecule has 1 aliphatic heterocycles. The molecule has 3 aromatic rings. The van der Waals surface area contributed by atoms with Crippen molar-refractivity contribution in [3.8, 4) is 0 Å². The number of nitrogens with zero attached hydrogens (tertiary/aromatic N) is 4. The first kappa shape index (κ1) is 20.3. The second-order valence-corrected chi connectivity index (χ2v) is 9.74. The maximum Gasteiger partial charge on any atom is 0.250 e. The van der Waals surface area contributed by atoms with Gasteiger partial charge in [-0.1, -0.05) is 54.6 Å². The Labute approximate surface area is 176 Å². The molecule has 2 atom stereocenters. The van der Waals surface area contributed by atoms with Gasteiger partial charge in [-0.15, -0.1) is 10.2 Å². The highest BCUT2D eigenvalue weighted by Crippen LogP contribution is 2.25. The van der Waals surface area contributed by atoms with Gasteiger partial charge in [-0.05, 0) is 37.0 Å². The SMILES string of the molecule is CC(c1ccccc1)n1cnnc1S(=O)(=O)C(C)C(=O)N1CCc2ccccc2C1. The van der Waals surface area contributed by atoms with Gasteiger partial charge in [-0.3, -0.25) is 9.36 Å². The van der Waals surface area contributed by atoms with Crippen molar-refractivity contribution in [2.45, 2.75) is 43.3 Å². The summed E-state index contributed by atoms with van der Waals surface area (Å²) in [5, 5.41) is 6.28. The van der Waals surface area contributed by atoms with Crippen LogP contribution in [0.25, 0.3) is 0 Å². The van der Waals surface area contributed by atoms with Crippen molar-refractivity contribution in [2.75, 3.05) is 6.54 Å². The molecule has 4 rings (SSSR count). The lowest BCUT2D eigenvalue weighted by Gasteiger charge is -2.30. The molecule has 2 unspecified atom stereocenters. The van der Waals surface area contributed by atoms with Crippen molar-refractivity contribution in [3.05, 3.63) is 77.6 Å². The molecule has 156 valence electrons. The van der Waals surface area contributed by atoms with Crippen molar-refractivity contribution >= 4 is 15.7 Å². The van der Waals surface area contributed by atoms with E-state index in [1.807, 2.05) is 61.5 Å². The van der Waals surface area contributed by atoms with Crippen LogP contribution >= 0.6 is 0 Å². The number of aromatic nitrogens is 3. The standard InChI is InChI=1S/C22H24N4O3S/c1-16(18-8-4-3-5-9-18)26-15-23-24-22(26)30(28,29)17(2)21(27)25-13-12-19-10-6-7-11-20(19)14-25/h3-11,15-17H,12-14H2,1-2H3. The van der Waals surface area contributed by atoms with Crippen LogP contribution in [0.1, 0.15) is 36.6 Å². The van der Waals surface area contributed by atoms with Crippen LogP contribution in [0, 0.1) is 0 Å². The summed E-state index contributed by atoms with van der Waals surface area (Å²) in [7, 11) is -4.01. The normalized spacial score (nSPS) is 16.0. The Hall–Kier alpha value is -3.00. The molecule has 1 amide bonds. The first-order valence-electron chi connectivity index (χ1n) is 9.93. The van der Waals surface area contributed by atoms with Crippen LogP contribution in [0.4, 0.5) is 0 Å². The van der Waals surface area contributed by atoms with Gasteiger partial charge in [0.05, 0.1) is 6.04 Å².